The predicted molar refractivity (Wildman–Crippen MR) is 27.8 cm³/mol. The van der Waals surface area contributed by atoms with Crippen molar-refractivity contribution in [3.63, 3.8) is 0 Å². The lowest BCUT2D eigenvalue weighted by molar-refractivity contribution is -0.197. The largest absolute Gasteiger partial charge is 0.477 e. The number of alkyl halides is 4. The average Bonchev–Trinajstić information content (AvgIpc) is 1.86. The van der Waals surface area contributed by atoms with Gasteiger partial charge in [0.2, 0.25) is 10.7 Å². The van der Waals surface area contributed by atoms with Crippen LogP contribution in [-0.4, -0.2) is 30.7 Å². The first-order valence-electron chi connectivity index (χ1n) is 2.27. The molecule has 0 aliphatic rings. The van der Waals surface area contributed by atoms with Gasteiger partial charge in [-0.3, -0.25) is 0 Å². The van der Waals surface area contributed by atoms with Crippen molar-refractivity contribution < 1.29 is 35.9 Å². The zero-order chi connectivity index (χ0) is 10.2. The number of aliphatic carboxylic acids is 1. The van der Waals surface area contributed by atoms with Crippen LogP contribution in [0, 0.1) is 0 Å². The summed E-state index contributed by atoms with van der Waals surface area (Å²) in [5, 5.41) is 1.97. The Kier molecular flexibility index (Phi) is 2.68. The van der Waals surface area contributed by atoms with Crippen LogP contribution in [0.15, 0.2) is 0 Å². The van der Waals surface area contributed by atoms with Crippen LogP contribution in [0.5, 0.6) is 0 Å². The lowest BCUT2D eigenvalue weighted by Gasteiger charge is -2.16. The van der Waals surface area contributed by atoms with E-state index in [-0.39, 0.29) is 0 Å². The van der Waals surface area contributed by atoms with Crippen molar-refractivity contribution in [3.05, 3.63) is 0 Å². The van der Waals surface area contributed by atoms with E-state index in [0.717, 1.165) is 0 Å². The van der Waals surface area contributed by atoms with Gasteiger partial charge in [-0.05, 0) is 0 Å². The highest BCUT2D eigenvalue weighted by Crippen LogP contribution is 2.34. The number of thiol groups is 1. The van der Waals surface area contributed by atoms with Crippen LogP contribution in [0.3, 0.4) is 0 Å². The van der Waals surface area contributed by atoms with E-state index in [1.165, 1.54) is 0 Å². The summed E-state index contributed by atoms with van der Waals surface area (Å²) in [6, 6.07) is 0. The fourth-order valence-electron chi connectivity index (χ4n) is 0.243. The zero-order valence-electron chi connectivity index (χ0n) is 5.13. The predicted octanol–water partition coefficient (Wildman–Crippen LogP) is -0.0895. The Morgan fingerprint density at radius 2 is 1.50 bits per heavy atom. The Hall–Kier alpha value is -0.860. The summed E-state index contributed by atoms with van der Waals surface area (Å²) in [5.74, 6) is -8.78. The molecule has 0 spiro atoms. The quantitative estimate of drug-likeness (QED) is 0.504. The van der Waals surface area contributed by atoms with Gasteiger partial charge in [-0.25, -0.2) is 13.2 Å². The summed E-state index contributed by atoms with van der Waals surface area (Å²) in [4.78, 5) is 9.47. The normalized spacial score (nSPS) is 13.4. The van der Waals surface area contributed by atoms with Crippen LogP contribution in [0.1, 0.15) is 0 Å². The van der Waals surface area contributed by atoms with Crippen molar-refractivity contribution in [2.75, 3.05) is 0 Å². The van der Waals surface area contributed by atoms with E-state index >= 15 is 0 Å². The minimum atomic E-state index is -5.60. The molecular weight excluding hydrogens is 208 g/mol. The second kappa shape index (κ2) is 2.88. The molecule has 0 saturated heterocycles. The molecule has 0 aliphatic carbocycles. The van der Waals surface area contributed by atoms with Crippen molar-refractivity contribution >= 4 is 16.7 Å². The number of halogens is 4. The summed E-state index contributed by atoms with van der Waals surface area (Å²) in [6.45, 7) is 0. The molecule has 12 heavy (non-hydrogen) atoms. The summed E-state index contributed by atoms with van der Waals surface area (Å²) in [7, 11) is -4.83. The van der Waals surface area contributed by atoms with E-state index in [1.807, 2.05) is 0 Å². The maximum Gasteiger partial charge on any atom is 0.418 e. The molecular formula is C3H2F4O4S. The van der Waals surface area contributed by atoms with Gasteiger partial charge in [-0.15, -0.1) is 0 Å². The minimum Gasteiger partial charge on any atom is -0.477 e. The maximum absolute atomic E-state index is 11.8. The number of carboxylic acids is 1. The Bertz CT molecular complexity index is 261. The fraction of sp³-hybridized carbons (Fsp3) is 0.667. The van der Waals surface area contributed by atoms with E-state index in [0.29, 0.717) is 0 Å². The number of hydrogen-bond acceptors (Lipinski definition) is 3. The zero-order valence-corrected chi connectivity index (χ0v) is 6.03. The van der Waals surface area contributed by atoms with E-state index in [9.17, 15) is 30.8 Å². The number of carboxylic acid groups (broad SMARTS) is 1. The SMILES string of the molecule is O=C(O)C(F)(F)C(F)(F)[SH](=O)=O. The second-order valence-corrected chi connectivity index (χ2v) is 2.75. The van der Waals surface area contributed by atoms with Crippen LogP contribution in [0.25, 0.3) is 0 Å². The maximum atomic E-state index is 11.8. The molecule has 0 fully saturated rings. The summed E-state index contributed by atoms with van der Waals surface area (Å²) < 4.78 is 66.4. The third-order valence-corrected chi connectivity index (χ3v) is 1.62. The molecule has 9 heteroatoms. The lowest BCUT2D eigenvalue weighted by Crippen LogP contribution is -2.47. The first kappa shape index (κ1) is 11.1. The van der Waals surface area contributed by atoms with Gasteiger partial charge < -0.3 is 5.11 Å². The van der Waals surface area contributed by atoms with Crippen molar-refractivity contribution in [1.82, 2.24) is 0 Å². The van der Waals surface area contributed by atoms with Crippen LogP contribution in [0.4, 0.5) is 17.6 Å². The van der Waals surface area contributed by atoms with Crippen LogP contribution in [0.2, 0.25) is 0 Å². The smallest absolute Gasteiger partial charge is 0.418 e. The van der Waals surface area contributed by atoms with Crippen molar-refractivity contribution in [2.24, 2.45) is 0 Å². The molecule has 0 aromatic carbocycles. The average molecular weight is 210 g/mol. The van der Waals surface area contributed by atoms with Gasteiger partial charge in [0.05, 0.1) is 0 Å². The molecule has 72 valence electrons. The highest BCUT2D eigenvalue weighted by Gasteiger charge is 2.65. The molecule has 0 unspecified atom stereocenters. The number of rotatable bonds is 3. The molecule has 0 saturated carbocycles. The monoisotopic (exact) mass is 210 g/mol. The van der Waals surface area contributed by atoms with Crippen LogP contribution < -0.4 is 0 Å². The van der Waals surface area contributed by atoms with Gasteiger partial charge >= 0.3 is 17.1 Å². The van der Waals surface area contributed by atoms with E-state index < -0.39 is 27.9 Å². The first-order chi connectivity index (χ1) is 5.14. The molecule has 0 bridgehead atoms. The van der Waals surface area contributed by atoms with Gasteiger partial charge in [0.15, 0.2) is 0 Å². The molecule has 0 atom stereocenters. The highest BCUT2D eigenvalue weighted by atomic mass is 32.2. The molecule has 0 aromatic heterocycles. The summed E-state index contributed by atoms with van der Waals surface area (Å²) in [6.07, 6.45) is 0. The molecule has 0 aromatic rings. The number of hydrogen-bond donors (Lipinski definition) is 2. The van der Waals surface area contributed by atoms with E-state index in [2.05, 4.69) is 0 Å². The Morgan fingerprint density at radius 3 is 1.58 bits per heavy atom. The van der Waals surface area contributed by atoms with Gasteiger partial charge in [0, 0.05) is 0 Å². The third-order valence-electron chi connectivity index (χ3n) is 0.876. The van der Waals surface area contributed by atoms with Gasteiger partial charge in [0.25, 0.3) is 0 Å². The Labute approximate surface area is 64.7 Å². The Balaban J connectivity index is 5.15. The molecule has 0 heterocycles. The van der Waals surface area contributed by atoms with E-state index in [4.69, 9.17) is 5.11 Å². The highest BCUT2D eigenvalue weighted by molar-refractivity contribution is 7.73. The van der Waals surface area contributed by atoms with E-state index in [1.54, 1.807) is 0 Å². The van der Waals surface area contributed by atoms with Gasteiger partial charge in [-0.1, -0.05) is 0 Å². The lowest BCUT2D eigenvalue weighted by atomic mass is 10.3. The van der Waals surface area contributed by atoms with Crippen molar-refractivity contribution in [1.29, 1.82) is 0 Å². The molecule has 1 N–H and O–H groups in total. The van der Waals surface area contributed by atoms with Crippen molar-refractivity contribution in [3.8, 4) is 0 Å². The van der Waals surface area contributed by atoms with Crippen LogP contribution in [-0.2, 0) is 15.5 Å². The van der Waals surface area contributed by atoms with Crippen LogP contribution >= 0.6 is 0 Å². The van der Waals surface area contributed by atoms with Gasteiger partial charge in [0.1, 0.15) is 0 Å². The summed E-state index contributed by atoms with van der Waals surface area (Å²) >= 11 is 0. The standard InChI is InChI=1S/C3H2F4O4S/c4-2(5,1(8)9)3(6,7)12(10)11/h12H,(H,8,9). The molecule has 0 rings (SSSR count). The number of carbonyl (C=O) groups is 1. The topological polar surface area (TPSA) is 71.4 Å². The summed E-state index contributed by atoms with van der Waals surface area (Å²) in [5.41, 5.74) is 0. The van der Waals surface area contributed by atoms with Gasteiger partial charge in [-0.2, -0.15) is 17.6 Å². The first-order valence-corrected chi connectivity index (χ1v) is 3.45. The fourth-order valence-corrected chi connectivity index (χ4v) is 0.568. The minimum absolute atomic E-state index is 3.19. The third kappa shape index (κ3) is 1.49. The molecule has 0 amide bonds. The molecule has 0 radical (unpaired) electrons. The molecule has 4 nitrogen and oxygen atoms in total. The second-order valence-electron chi connectivity index (χ2n) is 1.68. The molecule has 0 aliphatic heterocycles. The Morgan fingerprint density at radius 1 is 1.17 bits per heavy atom. The van der Waals surface area contributed by atoms with Crippen molar-refractivity contribution in [2.45, 2.75) is 11.2 Å².